The molecule has 1 N–H and O–H groups in total. The second kappa shape index (κ2) is 16.8. The third kappa shape index (κ3) is 9.95. The highest BCUT2D eigenvalue weighted by atomic mass is 16.8. The van der Waals surface area contributed by atoms with Crippen molar-refractivity contribution in [1.82, 2.24) is 5.32 Å². The molecule has 0 aromatic heterocycles. The number of nitrogens with one attached hydrogen (secondary N) is 1. The number of hydrogen-bond acceptors (Lipinski definition) is 13. The van der Waals surface area contributed by atoms with Gasteiger partial charge in [-0.05, 0) is 18.1 Å². The van der Waals surface area contributed by atoms with Gasteiger partial charge in [0.15, 0.2) is 30.6 Å². The molecule has 1 aliphatic heterocycles. The Balaban J connectivity index is 1.95. The molecule has 1 amide bonds. The van der Waals surface area contributed by atoms with Gasteiger partial charge in [-0.1, -0.05) is 60.7 Å². The van der Waals surface area contributed by atoms with E-state index in [1.165, 1.54) is 14.0 Å². The van der Waals surface area contributed by atoms with Crippen LogP contribution in [0.2, 0.25) is 0 Å². The largest absolute Gasteiger partial charge is 0.509 e. The summed E-state index contributed by atoms with van der Waals surface area (Å²) >= 11 is 0. The van der Waals surface area contributed by atoms with Gasteiger partial charge in [-0.3, -0.25) is 9.59 Å². The average Bonchev–Trinajstić information content (AvgIpc) is 3.33. The molecule has 0 bridgehead atoms. The second-order valence-corrected chi connectivity index (χ2v) is 9.40. The van der Waals surface area contributed by atoms with E-state index >= 15 is 0 Å². The van der Waals surface area contributed by atoms with Gasteiger partial charge in [-0.25, -0.2) is 14.4 Å². The lowest BCUT2D eigenvalue weighted by molar-refractivity contribution is -0.185. The van der Waals surface area contributed by atoms with Crippen LogP contribution in [0.4, 0.5) is 9.59 Å². The van der Waals surface area contributed by atoms with Gasteiger partial charge < -0.3 is 43.2 Å². The minimum atomic E-state index is -1.78. The van der Waals surface area contributed by atoms with Crippen LogP contribution < -0.4 is 5.32 Å². The third-order valence-corrected chi connectivity index (χ3v) is 6.15. The fraction of sp³-hybridized carbons (Fsp3) is 0.433. The molecule has 0 aliphatic carbocycles. The molecule has 2 aromatic rings. The highest BCUT2D eigenvalue weighted by Crippen LogP contribution is 2.32. The summed E-state index contributed by atoms with van der Waals surface area (Å²) in [6.07, 6.45) is -9.78. The molecule has 0 saturated carbocycles. The minimum absolute atomic E-state index is 0.114. The van der Waals surface area contributed by atoms with Crippen LogP contribution in [0.5, 0.6) is 0 Å². The molecule has 6 atom stereocenters. The summed E-state index contributed by atoms with van der Waals surface area (Å²) in [6.45, 7) is 3.27. The molecule has 3 rings (SSSR count). The number of benzene rings is 2. The Bertz CT molecular complexity index is 1260. The van der Waals surface area contributed by atoms with Gasteiger partial charge in [-0.15, -0.1) is 0 Å². The third-order valence-electron chi connectivity index (χ3n) is 6.15. The fourth-order valence-corrected chi connectivity index (χ4v) is 4.33. The van der Waals surface area contributed by atoms with E-state index in [1.807, 2.05) is 0 Å². The SMILES string of the molecule is CCOC(=O)[C@H](NC(=O)OCc1ccccc1)[C@@H](OC(=O)OCc1ccccc1)[C@@H]1O[C@@H](OC)[C@H](OC(C)=O)[C@@H]1OC(C)=O. The number of amides is 1. The second-order valence-electron chi connectivity index (χ2n) is 9.40. The first-order valence-electron chi connectivity index (χ1n) is 13.7. The highest BCUT2D eigenvalue weighted by Gasteiger charge is 2.57. The molecule has 1 fully saturated rings. The first kappa shape index (κ1) is 33.8. The summed E-state index contributed by atoms with van der Waals surface area (Å²) in [4.78, 5) is 63.1. The highest BCUT2D eigenvalue weighted by molar-refractivity contribution is 5.82. The standard InChI is InChI=1S/C30H35NO13/c1-5-38-27(34)22(31-29(35)39-16-20-12-8-6-9-13-20)23(44-30(36)40-17-21-14-10-7-11-15-21)24-25(41-18(2)32)26(42-19(3)33)28(37-4)43-24/h6-15,22-26,28H,5,16-17H2,1-4H3,(H,31,35)/t22-,23-,24+,25-,26-,28-/m1/s1. The molecule has 2 aromatic carbocycles. The Hall–Kier alpha value is -4.69. The Morgan fingerprint density at radius 1 is 0.795 bits per heavy atom. The zero-order chi connectivity index (χ0) is 32.1. The van der Waals surface area contributed by atoms with Gasteiger partial charge in [0.25, 0.3) is 0 Å². The number of methoxy groups -OCH3 is 1. The van der Waals surface area contributed by atoms with Crippen LogP contribution in [0.1, 0.15) is 31.9 Å². The first-order valence-corrected chi connectivity index (χ1v) is 13.7. The van der Waals surface area contributed by atoms with Crippen LogP contribution in [0.25, 0.3) is 0 Å². The number of hydrogen-bond donors (Lipinski definition) is 1. The van der Waals surface area contributed by atoms with E-state index in [0.29, 0.717) is 11.1 Å². The van der Waals surface area contributed by atoms with Crippen molar-refractivity contribution < 1.29 is 61.9 Å². The smallest absolute Gasteiger partial charge is 0.464 e. The number of rotatable bonds is 13. The normalized spacial score (nSPS) is 20.4. The van der Waals surface area contributed by atoms with Crippen molar-refractivity contribution in [2.45, 2.75) is 70.7 Å². The molecule has 14 nitrogen and oxygen atoms in total. The van der Waals surface area contributed by atoms with Crippen molar-refractivity contribution in [3.8, 4) is 0 Å². The van der Waals surface area contributed by atoms with Crippen molar-refractivity contribution in [2.75, 3.05) is 13.7 Å². The van der Waals surface area contributed by atoms with Crippen molar-refractivity contribution >= 4 is 30.2 Å². The van der Waals surface area contributed by atoms with Crippen LogP contribution in [0.15, 0.2) is 60.7 Å². The van der Waals surface area contributed by atoms with Gasteiger partial charge in [0.05, 0.1) is 6.61 Å². The summed E-state index contributed by atoms with van der Waals surface area (Å²) in [6, 6.07) is 15.6. The van der Waals surface area contributed by atoms with E-state index in [0.717, 1.165) is 13.8 Å². The van der Waals surface area contributed by atoms with Crippen LogP contribution in [0.3, 0.4) is 0 Å². The first-order chi connectivity index (χ1) is 21.1. The molecule has 0 radical (unpaired) electrons. The molecule has 14 heteroatoms. The molecular weight excluding hydrogens is 582 g/mol. The van der Waals surface area contributed by atoms with E-state index < -0.39 is 66.9 Å². The van der Waals surface area contributed by atoms with Crippen LogP contribution >= 0.6 is 0 Å². The molecule has 0 unspecified atom stereocenters. The predicted octanol–water partition coefficient (Wildman–Crippen LogP) is 2.80. The fourth-order valence-electron chi connectivity index (χ4n) is 4.33. The summed E-state index contributed by atoms with van der Waals surface area (Å²) in [5.74, 6) is -2.62. The molecule has 44 heavy (non-hydrogen) atoms. The van der Waals surface area contributed by atoms with Crippen LogP contribution in [-0.4, -0.2) is 80.6 Å². The molecule has 0 spiro atoms. The molecular formula is C30H35NO13. The van der Waals surface area contributed by atoms with E-state index in [2.05, 4.69) is 5.32 Å². The van der Waals surface area contributed by atoms with Crippen LogP contribution in [-0.2, 0) is 65.5 Å². The zero-order valence-corrected chi connectivity index (χ0v) is 24.7. The number of alkyl carbamates (subject to hydrolysis) is 1. The summed E-state index contributed by atoms with van der Waals surface area (Å²) in [5.41, 5.74) is 1.30. The number of carbonyl (C=O) groups is 5. The summed E-state index contributed by atoms with van der Waals surface area (Å²) in [7, 11) is 1.24. The average molecular weight is 618 g/mol. The molecule has 1 saturated heterocycles. The summed E-state index contributed by atoms with van der Waals surface area (Å²) in [5, 5.41) is 2.35. The van der Waals surface area contributed by atoms with E-state index in [-0.39, 0.29) is 19.8 Å². The number of carbonyl (C=O) groups excluding carboxylic acids is 5. The Morgan fingerprint density at radius 2 is 1.34 bits per heavy atom. The maximum Gasteiger partial charge on any atom is 0.509 e. The lowest BCUT2D eigenvalue weighted by Gasteiger charge is -2.32. The van der Waals surface area contributed by atoms with E-state index in [9.17, 15) is 24.0 Å². The van der Waals surface area contributed by atoms with Gasteiger partial charge in [-0.2, -0.15) is 0 Å². The van der Waals surface area contributed by atoms with Gasteiger partial charge >= 0.3 is 30.2 Å². The lowest BCUT2D eigenvalue weighted by Crippen LogP contribution is -2.58. The van der Waals surface area contributed by atoms with Crippen molar-refractivity contribution in [3.63, 3.8) is 0 Å². The number of ether oxygens (including phenoxy) is 8. The topological polar surface area (TPSA) is 171 Å². The van der Waals surface area contributed by atoms with E-state index in [4.69, 9.17) is 37.9 Å². The maximum atomic E-state index is 13.2. The monoisotopic (exact) mass is 617 g/mol. The van der Waals surface area contributed by atoms with Gasteiger partial charge in [0.2, 0.25) is 0 Å². The minimum Gasteiger partial charge on any atom is -0.464 e. The summed E-state index contributed by atoms with van der Waals surface area (Å²) < 4.78 is 43.1. The van der Waals surface area contributed by atoms with Gasteiger partial charge in [0, 0.05) is 21.0 Å². The van der Waals surface area contributed by atoms with E-state index in [1.54, 1.807) is 60.7 Å². The lowest BCUT2D eigenvalue weighted by atomic mass is 9.99. The molecule has 1 aliphatic rings. The molecule has 238 valence electrons. The maximum absolute atomic E-state index is 13.2. The van der Waals surface area contributed by atoms with Crippen molar-refractivity contribution in [2.24, 2.45) is 0 Å². The Morgan fingerprint density at radius 3 is 1.86 bits per heavy atom. The number of esters is 3. The van der Waals surface area contributed by atoms with Gasteiger partial charge in [0.1, 0.15) is 19.3 Å². The predicted molar refractivity (Wildman–Crippen MR) is 148 cm³/mol. The Kier molecular flexibility index (Phi) is 12.9. The zero-order valence-electron chi connectivity index (χ0n) is 24.7. The van der Waals surface area contributed by atoms with Crippen molar-refractivity contribution in [3.05, 3.63) is 71.8 Å². The van der Waals surface area contributed by atoms with Crippen LogP contribution in [0, 0.1) is 0 Å². The molecule has 1 heterocycles. The Labute approximate surface area is 253 Å². The van der Waals surface area contributed by atoms with Crippen molar-refractivity contribution in [1.29, 1.82) is 0 Å². The quantitative estimate of drug-likeness (QED) is 0.257.